The van der Waals surface area contributed by atoms with Crippen molar-refractivity contribution in [2.24, 2.45) is 11.7 Å². The Bertz CT molecular complexity index is 1230. The Hall–Kier alpha value is -3.96. The molecule has 0 saturated carbocycles. The molecule has 0 spiro atoms. The van der Waals surface area contributed by atoms with Gasteiger partial charge in [-0.3, -0.25) is 29.8 Å². The third-order valence-electron chi connectivity index (χ3n) is 8.15. The topological polar surface area (TPSA) is 230 Å². The Morgan fingerprint density at radius 3 is 1.35 bits per heavy atom. The van der Waals surface area contributed by atoms with Crippen molar-refractivity contribution in [2.45, 2.75) is 89.2 Å². The van der Waals surface area contributed by atoms with E-state index in [1.807, 2.05) is 45.0 Å². The lowest BCUT2D eigenvalue weighted by Gasteiger charge is -2.25. The molecule has 292 valence electrons. The van der Waals surface area contributed by atoms with Crippen LogP contribution in [0.4, 0.5) is 0 Å². The van der Waals surface area contributed by atoms with Gasteiger partial charge in [0.1, 0.15) is 36.7 Å². The summed E-state index contributed by atoms with van der Waals surface area (Å²) in [6.07, 6.45) is -1.89. The fraction of sp³-hybridized carbons (Fsp3) is 0.568. The normalized spacial score (nSPS) is 15.6. The summed E-state index contributed by atoms with van der Waals surface area (Å²) in [7, 11) is 6.53. The molecule has 2 aromatic carbocycles. The first-order valence-electron chi connectivity index (χ1n) is 17.6. The number of rotatable bonds is 20. The van der Waals surface area contributed by atoms with Crippen molar-refractivity contribution in [2.75, 3.05) is 41.3 Å². The maximum Gasteiger partial charge on any atom is 0.250 e. The van der Waals surface area contributed by atoms with Gasteiger partial charge in [-0.2, -0.15) is 0 Å². The van der Waals surface area contributed by atoms with Crippen molar-refractivity contribution in [1.82, 2.24) is 31.1 Å². The molecule has 2 rings (SSSR count). The lowest BCUT2D eigenvalue weighted by molar-refractivity contribution is -0.134. The zero-order valence-electron chi connectivity index (χ0n) is 31.5. The number of carbonyl (C=O) groups excluding carboxylic acids is 4. The molecule has 4 amide bonds. The predicted octanol–water partition coefficient (Wildman–Crippen LogP) is -0.0344. The van der Waals surface area contributed by atoms with Gasteiger partial charge in [-0.15, -0.1) is 0 Å². The number of aliphatic hydroxyl groups excluding tert-OH is 4. The number of amides is 4. The number of carbonyl (C=O) groups is 4. The van der Waals surface area contributed by atoms with E-state index < -0.39 is 54.6 Å². The van der Waals surface area contributed by atoms with E-state index >= 15 is 0 Å². The highest BCUT2D eigenvalue weighted by Crippen LogP contribution is 2.17. The maximum atomic E-state index is 12.4. The molecule has 15 heteroatoms. The van der Waals surface area contributed by atoms with E-state index in [1.165, 1.54) is 9.80 Å². The van der Waals surface area contributed by atoms with E-state index in [0.29, 0.717) is 17.5 Å². The predicted molar refractivity (Wildman–Crippen MR) is 199 cm³/mol. The molecule has 0 heterocycles. The number of likely N-dealkylation sites (N-methyl/N-ethyl adjacent to an activating group) is 2. The molecule has 8 unspecified atom stereocenters. The number of hydrogen-bond acceptors (Lipinski definition) is 11. The molecular formula is C37H61N7O8. The van der Waals surface area contributed by atoms with Crippen LogP contribution < -0.4 is 27.0 Å². The molecular weight excluding hydrogens is 670 g/mol. The Labute approximate surface area is 307 Å². The maximum absolute atomic E-state index is 12.4. The van der Waals surface area contributed by atoms with E-state index in [-0.39, 0.29) is 30.8 Å². The van der Waals surface area contributed by atoms with E-state index in [4.69, 9.17) is 5.73 Å². The highest BCUT2D eigenvalue weighted by atomic mass is 16.3. The molecule has 0 radical (unpaired) electrons. The summed E-state index contributed by atoms with van der Waals surface area (Å²) in [6.45, 7) is 5.42. The van der Waals surface area contributed by atoms with Gasteiger partial charge in [0, 0.05) is 34.2 Å². The zero-order valence-corrected chi connectivity index (χ0v) is 31.5. The summed E-state index contributed by atoms with van der Waals surface area (Å²) in [5.74, 6) is -1.77. The monoisotopic (exact) mass is 731 g/mol. The van der Waals surface area contributed by atoms with E-state index in [1.54, 1.807) is 64.6 Å². The number of nitrogens with one attached hydrogen (secondary N) is 4. The van der Waals surface area contributed by atoms with Crippen LogP contribution in [0.2, 0.25) is 0 Å². The summed E-state index contributed by atoms with van der Waals surface area (Å²) in [5, 5.41) is 50.8. The zero-order chi connectivity index (χ0) is 39.4. The van der Waals surface area contributed by atoms with Gasteiger partial charge < -0.3 is 46.6 Å². The molecule has 0 fully saturated rings. The quantitative estimate of drug-likeness (QED) is 0.0821. The fourth-order valence-corrected chi connectivity index (χ4v) is 5.09. The van der Waals surface area contributed by atoms with Gasteiger partial charge >= 0.3 is 0 Å². The van der Waals surface area contributed by atoms with E-state index in [0.717, 1.165) is 19.3 Å². The Kier molecular flexibility index (Phi) is 21.5. The van der Waals surface area contributed by atoms with Gasteiger partial charge in [0.25, 0.3) is 5.91 Å². The van der Waals surface area contributed by atoms with Gasteiger partial charge in [0.2, 0.25) is 17.7 Å². The van der Waals surface area contributed by atoms with Gasteiger partial charge in [-0.1, -0.05) is 94.3 Å². The van der Waals surface area contributed by atoms with Gasteiger partial charge in [-0.05, 0) is 29.9 Å². The Balaban J connectivity index is 0.000000520. The SMILES string of the molecule is CCCC(C)C(O)C(=O)NCC(O)NC(C(=O)N(C)C)c1ccccc1.CCCC(N)C(O)C(=O)NCC(O)NC(C(=O)N(C)C)c1ccccc1. The average molecular weight is 732 g/mol. The van der Waals surface area contributed by atoms with Crippen LogP contribution >= 0.6 is 0 Å². The van der Waals surface area contributed by atoms with Crippen molar-refractivity contribution >= 4 is 23.6 Å². The molecule has 0 saturated heterocycles. The highest BCUT2D eigenvalue weighted by molar-refractivity contribution is 5.84. The number of hydrogen-bond donors (Lipinski definition) is 9. The summed E-state index contributed by atoms with van der Waals surface area (Å²) in [4.78, 5) is 51.6. The van der Waals surface area contributed by atoms with Crippen LogP contribution in [-0.4, -0.2) is 126 Å². The number of nitrogens with zero attached hydrogens (tertiary/aromatic N) is 2. The second-order valence-electron chi connectivity index (χ2n) is 13.1. The highest BCUT2D eigenvalue weighted by Gasteiger charge is 2.28. The summed E-state index contributed by atoms with van der Waals surface area (Å²) in [5.41, 5.74) is 7.14. The summed E-state index contributed by atoms with van der Waals surface area (Å²) >= 11 is 0. The molecule has 0 aliphatic rings. The summed E-state index contributed by atoms with van der Waals surface area (Å²) < 4.78 is 0. The van der Waals surface area contributed by atoms with Crippen molar-refractivity contribution < 1.29 is 39.6 Å². The van der Waals surface area contributed by atoms with E-state index in [2.05, 4.69) is 21.3 Å². The minimum absolute atomic E-state index is 0.112. The number of benzene rings is 2. The van der Waals surface area contributed by atoms with Crippen LogP contribution in [0, 0.1) is 5.92 Å². The molecule has 52 heavy (non-hydrogen) atoms. The van der Waals surface area contributed by atoms with Gasteiger partial charge in [0.05, 0.1) is 13.1 Å². The van der Waals surface area contributed by atoms with Crippen molar-refractivity contribution in [3.05, 3.63) is 71.8 Å². The average Bonchev–Trinajstić information content (AvgIpc) is 3.13. The van der Waals surface area contributed by atoms with Crippen molar-refractivity contribution in [1.29, 1.82) is 0 Å². The first kappa shape index (κ1) is 46.1. The van der Waals surface area contributed by atoms with Crippen molar-refractivity contribution in [3.63, 3.8) is 0 Å². The van der Waals surface area contributed by atoms with Crippen LogP contribution in [-0.2, 0) is 19.2 Å². The molecule has 2 aromatic rings. The molecule has 15 nitrogen and oxygen atoms in total. The lowest BCUT2D eigenvalue weighted by Crippen LogP contribution is -2.51. The molecule has 0 aromatic heterocycles. The summed E-state index contributed by atoms with van der Waals surface area (Å²) in [6, 6.07) is 15.9. The number of nitrogens with two attached hydrogens (primary N) is 1. The van der Waals surface area contributed by atoms with Crippen LogP contribution in [0.1, 0.15) is 69.7 Å². The van der Waals surface area contributed by atoms with Gasteiger partial charge in [-0.25, -0.2) is 0 Å². The molecule has 0 aliphatic heterocycles. The smallest absolute Gasteiger partial charge is 0.250 e. The minimum Gasteiger partial charge on any atom is -0.383 e. The first-order chi connectivity index (χ1) is 24.5. The molecule has 0 bridgehead atoms. The number of aliphatic hydroxyl groups is 4. The van der Waals surface area contributed by atoms with Crippen LogP contribution in [0.5, 0.6) is 0 Å². The second-order valence-corrected chi connectivity index (χ2v) is 13.1. The van der Waals surface area contributed by atoms with Crippen LogP contribution in [0.25, 0.3) is 0 Å². The fourth-order valence-electron chi connectivity index (χ4n) is 5.09. The first-order valence-corrected chi connectivity index (χ1v) is 17.6. The standard InChI is InChI=1S/C19H31N3O4.C18H30N4O4/c1-5-9-13(2)17(24)18(25)20-12-15(23)21-16(19(26)22(3)4)14-10-7-6-8-11-14;1-4-8-13(19)16(24)17(25)20-11-14(23)21-15(18(26)22(2)3)12-9-6-5-7-10-12/h6-8,10-11,13,15-17,21,23-24H,5,9,12H2,1-4H3,(H,20,25);5-7,9-10,13-16,21,23-24H,4,8,11,19H2,1-3H3,(H,20,25). The molecule has 8 atom stereocenters. The van der Waals surface area contributed by atoms with Crippen molar-refractivity contribution in [3.8, 4) is 0 Å². The molecule has 0 aliphatic carbocycles. The largest absolute Gasteiger partial charge is 0.383 e. The van der Waals surface area contributed by atoms with Crippen LogP contribution in [0.15, 0.2) is 60.7 Å². The third kappa shape index (κ3) is 16.2. The Morgan fingerprint density at radius 2 is 1.00 bits per heavy atom. The van der Waals surface area contributed by atoms with Gasteiger partial charge in [0.15, 0.2) is 0 Å². The molecule has 10 N–H and O–H groups in total. The Morgan fingerprint density at radius 1 is 0.635 bits per heavy atom. The van der Waals surface area contributed by atoms with Crippen LogP contribution in [0.3, 0.4) is 0 Å². The minimum atomic E-state index is -1.34. The lowest BCUT2D eigenvalue weighted by atomic mass is 9.99. The van der Waals surface area contributed by atoms with E-state index in [9.17, 15) is 39.6 Å². The third-order valence-corrected chi connectivity index (χ3v) is 8.15. The second kappa shape index (κ2) is 24.3.